The molecule has 0 unspecified atom stereocenters. The second kappa shape index (κ2) is 7.35. The maximum Gasteiger partial charge on any atom is 0.345 e. The third-order valence-electron chi connectivity index (χ3n) is 2.30. The molecular formula is C13H17NO5. The second-order valence-corrected chi connectivity index (χ2v) is 3.89. The van der Waals surface area contributed by atoms with E-state index in [1.165, 1.54) is 12.1 Å². The van der Waals surface area contributed by atoms with Crippen molar-refractivity contribution in [3.8, 4) is 5.75 Å². The molecule has 0 fully saturated rings. The Morgan fingerprint density at radius 1 is 1.26 bits per heavy atom. The molecule has 0 saturated carbocycles. The standard InChI is InChI=1S/C13H17NO5/c1-3-8-18-11-7-5-6-10(12(11)14(16)17)13(15)19-9-4-2/h5-7H,3-4,8-9H2,1-2H3. The van der Waals surface area contributed by atoms with Gasteiger partial charge in [0.25, 0.3) is 0 Å². The third kappa shape index (κ3) is 3.94. The minimum absolute atomic E-state index is 0.0768. The van der Waals surface area contributed by atoms with Crippen LogP contribution in [0.3, 0.4) is 0 Å². The average molecular weight is 267 g/mol. The van der Waals surface area contributed by atoms with Crippen molar-refractivity contribution >= 4 is 11.7 Å². The van der Waals surface area contributed by atoms with Gasteiger partial charge in [0.05, 0.1) is 18.1 Å². The average Bonchev–Trinajstić information content (AvgIpc) is 2.41. The molecule has 1 aromatic rings. The molecule has 104 valence electrons. The van der Waals surface area contributed by atoms with Crippen LogP contribution in [0, 0.1) is 10.1 Å². The lowest BCUT2D eigenvalue weighted by molar-refractivity contribution is -0.386. The van der Waals surface area contributed by atoms with Gasteiger partial charge in [0.2, 0.25) is 0 Å². The van der Waals surface area contributed by atoms with Crippen molar-refractivity contribution in [2.75, 3.05) is 13.2 Å². The van der Waals surface area contributed by atoms with Gasteiger partial charge in [-0.15, -0.1) is 0 Å². The van der Waals surface area contributed by atoms with Crippen molar-refractivity contribution in [2.45, 2.75) is 26.7 Å². The van der Waals surface area contributed by atoms with E-state index in [0.29, 0.717) is 13.0 Å². The Morgan fingerprint density at radius 3 is 2.53 bits per heavy atom. The SMILES string of the molecule is CCCOC(=O)c1cccc(OCCC)c1[N+](=O)[O-]. The van der Waals surface area contributed by atoms with Crippen molar-refractivity contribution in [3.05, 3.63) is 33.9 Å². The highest BCUT2D eigenvalue weighted by Gasteiger charge is 2.26. The van der Waals surface area contributed by atoms with Crippen molar-refractivity contribution in [1.82, 2.24) is 0 Å². The second-order valence-electron chi connectivity index (χ2n) is 3.89. The van der Waals surface area contributed by atoms with Crippen LogP contribution in [0.5, 0.6) is 5.75 Å². The van der Waals surface area contributed by atoms with E-state index in [0.717, 1.165) is 6.42 Å². The normalized spacial score (nSPS) is 10.0. The highest BCUT2D eigenvalue weighted by atomic mass is 16.6. The lowest BCUT2D eigenvalue weighted by Crippen LogP contribution is -2.10. The Kier molecular flexibility index (Phi) is 5.78. The molecule has 0 amide bonds. The van der Waals surface area contributed by atoms with E-state index in [4.69, 9.17) is 9.47 Å². The van der Waals surface area contributed by atoms with Gasteiger partial charge in [-0.1, -0.05) is 19.9 Å². The summed E-state index contributed by atoms with van der Waals surface area (Å²) in [4.78, 5) is 22.3. The van der Waals surface area contributed by atoms with Crippen LogP contribution in [0.2, 0.25) is 0 Å². The number of carbonyl (C=O) groups is 1. The summed E-state index contributed by atoms with van der Waals surface area (Å²) in [6.45, 7) is 4.33. The molecule has 0 aliphatic rings. The first-order chi connectivity index (χ1) is 9.11. The van der Waals surface area contributed by atoms with E-state index in [1.807, 2.05) is 13.8 Å². The van der Waals surface area contributed by atoms with Crippen LogP contribution in [-0.2, 0) is 4.74 Å². The van der Waals surface area contributed by atoms with Gasteiger partial charge in [0, 0.05) is 0 Å². The molecule has 0 atom stereocenters. The first kappa shape index (κ1) is 14.9. The Balaban J connectivity index is 3.09. The maximum absolute atomic E-state index is 11.8. The molecule has 0 aliphatic heterocycles. The molecule has 0 saturated heterocycles. The Morgan fingerprint density at radius 2 is 1.95 bits per heavy atom. The first-order valence-corrected chi connectivity index (χ1v) is 6.19. The fourth-order valence-electron chi connectivity index (χ4n) is 1.48. The zero-order chi connectivity index (χ0) is 14.3. The number of hydrogen-bond acceptors (Lipinski definition) is 5. The number of nitrogens with zero attached hydrogens (tertiary/aromatic N) is 1. The van der Waals surface area contributed by atoms with Gasteiger partial charge in [0.15, 0.2) is 5.75 Å². The fraction of sp³-hybridized carbons (Fsp3) is 0.462. The summed E-state index contributed by atoms with van der Waals surface area (Å²) in [6.07, 6.45) is 1.38. The molecule has 6 heteroatoms. The van der Waals surface area contributed by atoms with Crippen LogP contribution < -0.4 is 4.74 Å². The van der Waals surface area contributed by atoms with Crippen LogP contribution in [0.1, 0.15) is 37.0 Å². The van der Waals surface area contributed by atoms with Gasteiger partial charge in [-0.25, -0.2) is 4.79 Å². The summed E-state index contributed by atoms with van der Waals surface area (Å²) in [5, 5.41) is 11.1. The van der Waals surface area contributed by atoms with Crippen molar-refractivity contribution in [2.24, 2.45) is 0 Å². The predicted octanol–water partition coefficient (Wildman–Crippen LogP) is 2.95. The fourth-order valence-corrected chi connectivity index (χ4v) is 1.48. The topological polar surface area (TPSA) is 78.7 Å². The molecule has 1 aromatic carbocycles. The summed E-state index contributed by atoms with van der Waals surface area (Å²) in [6, 6.07) is 4.39. The molecule has 6 nitrogen and oxygen atoms in total. The lowest BCUT2D eigenvalue weighted by atomic mass is 10.1. The van der Waals surface area contributed by atoms with Gasteiger partial charge in [-0.05, 0) is 25.0 Å². The molecule has 19 heavy (non-hydrogen) atoms. The molecule has 0 spiro atoms. The van der Waals surface area contributed by atoms with E-state index in [1.54, 1.807) is 6.07 Å². The Labute approximate surface area is 111 Å². The molecule has 0 heterocycles. The number of esters is 1. The van der Waals surface area contributed by atoms with Crippen LogP contribution >= 0.6 is 0 Å². The van der Waals surface area contributed by atoms with Gasteiger partial charge >= 0.3 is 11.7 Å². The minimum atomic E-state index is -0.699. The largest absolute Gasteiger partial charge is 0.487 e. The van der Waals surface area contributed by atoms with Crippen molar-refractivity contribution < 1.29 is 19.2 Å². The summed E-state index contributed by atoms with van der Waals surface area (Å²) in [5.41, 5.74) is -0.413. The Bertz CT molecular complexity index is 458. The summed E-state index contributed by atoms with van der Waals surface area (Å²) in [7, 11) is 0. The number of rotatable bonds is 7. The maximum atomic E-state index is 11.8. The highest BCUT2D eigenvalue weighted by molar-refractivity contribution is 5.95. The number of nitro groups is 1. The minimum Gasteiger partial charge on any atom is -0.487 e. The number of carbonyl (C=O) groups excluding carboxylic acids is 1. The number of ether oxygens (including phenoxy) is 2. The van der Waals surface area contributed by atoms with Crippen LogP contribution in [-0.4, -0.2) is 24.1 Å². The van der Waals surface area contributed by atoms with Crippen LogP contribution in [0.4, 0.5) is 5.69 Å². The van der Waals surface area contributed by atoms with E-state index in [-0.39, 0.29) is 23.6 Å². The van der Waals surface area contributed by atoms with Crippen molar-refractivity contribution in [1.29, 1.82) is 0 Å². The first-order valence-electron chi connectivity index (χ1n) is 6.19. The summed E-state index contributed by atoms with van der Waals surface area (Å²) >= 11 is 0. The molecule has 0 aromatic heterocycles. The zero-order valence-electron chi connectivity index (χ0n) is 11.0. The lowest BCUT2D eigenvalue weighted by Gasteiger charge is -2.08. The molecule has 0 bridgehead atoms. The Hall–Kier alpha value is -2.11. The third-order valence-corrected chi connectivity index (χ3v) is 2.30. The highest BCUT2D eigenvalue weighted by Crippen LogP contribution is 2.31. The smallest absolute Gasteiger partial charge is 0.345 e. The van der Waals surface area contributed by atoms with E-state index in [9.17, 15) is 14.9 Å². The van der Waals surface area contributed by atoms with Gasteiger partial charge in [-0.3, -0.25) is 10.1 Å². The van der Waals surface area contributed by atoms with Crippen LogP contribution in [0.25, 0.3) is 0 Å². The summed E-state index contributed by atoms with van der Waals surface area (Å²) < 4.78 is 10.2. The van der Waals surface area contributed by atoms with E-state index < -0.39 is 10.9 Å². The van der Waals surface area contributed by atoms with Crippen LogP contribution in [0.15, 0.2) is 18.2 Å². The summed E-state index contributed by atoms with van der Waals surface area (Å²) in [5.74, 6) is -0.603. The quantitative estimate of drug-likeness (QED) is 0.431. The molecule has 0 radical (unpaired) electrons. The van der Waals surface area contributed by atoms with Crippen molar-refractivity contribution in [3.63, 3.8) is 0 Å². The van der Waals surface area contributed by atoms with E-state index in [2.05, 4.69) is 0 Å². The predicted molar refractivity (Wildman–Crippen MR) is 69.5 cm³/mol. The van der Waals surface area contributed by atoms with Gasteiger partial charge in [-0.2, -0.15) is 0 Å². The number of para-hydroxylation sites is 1. The van der Waals surface area contributed by atoms with E-state index >= 15 is 0 Å². The van der Waals surface area contributed by atoms with Gasteiger partial charge < -0.3 is 9.47 Å². The molecule has 0 N–H and O–H groups in total. The zero-order valence-corrected chi connectivity index (χ0v) is 11.0. The monoisotopic (exact) mass is 267 g/mol. The van der Waals surface area contributed by atoms with Gasteiger partial charge in [0.1, 0.15) is 5.56 Å². The molecular weight excluding hydrogens is 250 g/mol. The molecule has 1 rings (SSSR count). The number of hydrogen-bond donors (Lipinski definition) is 0. The number of nitro benzene ring substituents is 1. The molecule has 0 aliphatic carbocycles. The number of benzene rings is 1.